The molecule has 20 heavy (non-hydrogen) atoms. The van der Waals surface area contributed by atoms with Gasteiger partial charge in [0.05, 0.1) is 0 Å². The molecule has 0 aliphatic heterocycles. The number of hydrogen-bond acceptors (Lipinski definition) is 1. The highest BCUT2D eigenvalue weighted by molar-refractivity contribution is 5.98. The number of rotatable bonds is 2. The summed E-state index contributed by atoms with van der Waals surface area (Å²) < 4.78 is 0. The smallest absolute Gasteiger partial charge is 0.155 e. The third-order valence-electron chi connectivity index (χ3n) is 3.93. The molecular weight excluding hydrogens is 244 g/mol. The van der Waals surface area contributed by atoms with E-state index in [0.717, 1.165) is 24.8 Å². The van der Waals surface area contributed by atoms with E-state index in [1.807, 2.05) is 6.07 Å². The van der Waals surface area contributed by atoms with Gasteiger partial charge >= 0.3 is 0 Å². The highest BCUT2D eigenvalue weighted by atomic mass is 16.1. The molecule has 0 unspecified atom stereocenters. The highest BCUT2D eigenvalue weighted by Crippen LogP contribution is 2.28. The number of aryl methyl sites for hydroxylation is 1. The van der Waals surface area contributed by atoms with Crippen LogP contribution in [-0.2, 0) is 11.2 Å². The third-order valence-corrected chi connectivity index (χ3v) is 3.93. The van der Waals surface area contributed by atoms with Crippen LogP contribution in [0.4, 0.5) is 0 Å². The quantitative estimate of drug-likeness (QED) is 0.769. The monoisotopic (exact) mass is 262 g/mol. The Kier molecular flexibility index (Phi) is 3.51. The summed E-state index contributed by atoms with van der Waals surface area (Å²) in [6.07, 6.45) is 5.09. The fourth-order valence-corrected chi connectivity index (χ4v) is 2.77. The summed E-state index contributed by atoms with van der Waals surface area (Å²) in [7, 11) is 0. The number of hydrogen-bond donors (Lipinski definition) is 0. The molecule has 1 aliphatic carbocycles. The largest absolute Gasteiger partial charge is 0.295 e. The zero-order valence-electron chi connectivity index (χ0n) is 11.7. The van der Waals surface area contributed by atoms with E-state index >= 15 is 0 Å². The molecule has 0 atom stereocenters. The van der Waals surface area contributed by atoms with Gasteiger partial charge in [0.15, 0.2) is 5.78 Å². The molecule has 0 fully saturated rings. The van der Waals surface area contributed by atoms with Crippen molar-refractivity contribution in [3.05, 3.63) is 65.2 Å². The van der Waals surface area contributed by atoms with E-state index in [2.05, 4.69) is 48.5 Å². The average molecular weight is 262 g/mol. The molecular formula is C19H18O. The van der Waals surface area contributed by atoms with E-state index in [-0.39, 0.29) is 5.78 Å². The predicted octanol–water partition coefficient (Wildman–Crippen LogP) is 4.66. The topological polar surface area (TPSA) is 17.1 Å². The minimum Gasteiger partial charge on any atom is -0.295 e. The van der Waals surface area contributed by atoms with Crippen molar-refractivity contribution in [2.75, 3.05) is 0 Å². The lowest BCUT2D eigenvalue weighted by atomic mass is 9.97. The van der Waals surface area contributed by atoms with Crippen molar-refractivity contribution in [3.8, 4) is 11.1 Å². The maximum absolute atomic E-state index is 11.6. The summed E-state index contributed by atoms with van der Waals surface area (Å²) in [4.78, 5) is 11.6. The normalized spacial score (nSPS) is 14.2. The highest BCUT2D eigenvalue weighted by Gasteiger charge is 2.12. The molecule has 1 aliphatic rings. The van der Waals surface area contributed by atoms with Gasteiger partial charge in [0.1, 0.15) is 0 Å². The van der Waals surface area contributed by atoms with Crippen molar-refractivity contribution in [2.45, 2.75) is 26.2 Å². The minimum absolute atomic E-state index is 0.197. The first-order valence-corrected chi connectivity index (χ1v) is 7.14. The van der Waals surface area contributed by atoms with Crippen LogP contribution in [0.3, 0.4) is 0 Å². The lowest BCUT2D eigenvalue weighted by molar-refractivity contribution is -0.113. The zero-order chi connectivity index (χ0) is 13.9. The zero-order valence-corrected chi connectivity index (χ0v) is 11.7. The van der Waals surface area contributed by atoms with E-state index in [0.29, 0.717) is 0 Å². The molecule has 2 aromatic rings. The van der Waals surface area contributed by atoms with Crippen LogP contribution < -0.4 is 0 Å². The third kappa shape index (κ3) is 2.57. The second-order valence-electron chi connectivity index (χ2n) is 5.36. The van der Waals surface area contributed by atoms with E-state index in [4.69, 9.17) is 0 Å². The number of allylic oxidation sites excluding steroid dienone is 1. The molecule has 0 saturated carbocycles. The maximum Gasteiger partial charge on any atom is 0.155 e. The van der Waals surface area contributed by atoms with Crippen LogP contribution in [0, 0.1) is 0 Å². The number of carbonyl (C=O) groups excluding carboxylic acids is 1. The Morgan fingerprint density at radius 3 is 2.50 bits per heavy atom. The van der Waals surface area contributed by atoms with Crippen LogP contribution in [0.25, 0.3) is 17.2 Å². The van der Waals surface area contributed by atoms with Crippen LogP contribution >= 0.6 is 0 Å². The Balaban J connectivity index is 2.07. The first-order chi connectivity index (χ1) is 9.74. The van der Waals surface area contributed by atoms with Crippen LogP contribution in [0.1, 0.15) is 30.9 Å². The number of fused-ring (bicyclic) bond motifs is 1. The van der Waals surface area contributed by atoms with Crippen LogP contribution in [0.2, 0.25) is 0 Å². The predicted molar refractivity (Wildman–Crippen MR) is 83.5 cm³/mol. The summed E-state index contributed by atoms with van der Waals surface area (Å²) in [5, 5.41) is 0. The SMILES string of the molecule is CC(=O)C1=Cc2cc(-c3ccccc3)ccc2CCC1. The van der Waals surface area contributed by atoms with Gasteiger partial charge in [-0.2, -0.15) is 0 Å². The van der Waals surface area contributed by atoms with E-state index in [1.54, 1.807) is 6.92 Å². The minimum atomic E-state index is 0.197. The Bertz CT molecular complexity index is 665. The second-order valence-corrected chi connectivity index (χ2v) is 5.36. The van der Waals surface area contributed by atoms with Crippen molar-refractivity contribution in [1.29, 1.82) is 0 Å². The van der Waals surface area contributed by atoms with E-state index in [9.17, 15) is 4.79 Å². The van der Waals surface area contributed by atoms with E-state index < -0.39 is 0 Å². The van der Waals surface area contributed by atoms with Gasteiger partial charge in [-0.1, -0.05) is 42.5 Å². The maximum atomic E-state index is 11.6. The molecule has 0 amide bonds. The molecule has 0 spiro atoms. The standard InChI is InChI=1S/C19H18O/c1-14(20)17-9-5-8-16-10-11-18(13-19(16)12-17)15-6-3-2-4-7-15/h2-4,6-7,10-13H,5,8-9H2,1H3. The Hall–Kier alpha value is -2.15. The van der Waals surface area contributed by atoms with Crippen LogP contribution in [0.5, 0.6) is 0 Å². The van der Waals surface area contributed by atoms with E-state index in [1.165, 1.54) is 22.3 Å². The Labute approximate surface area is 120 Å². The molecule has 1 nitrogen and oxygen atoms in total. The summed E-state index contributed by atoms with van der Waals surface area (Å²) in [5.74, 6) is 0.197. The van der Waals surface area contributed by atoms with Gasteiger partial charge in [-0.05, 0) is 66.2 Å². The molecule has 0 N–H and O–H groups in total. The Morgan fingerprint density at radius 1 is 0.950 bits per heavy atom. The number of Topliss-reactive ketones (excluding diaryl/α,β-unsaturated/α-hetero) is 1. The van der Waals surface area contributed by atoms with Gasteiger partial charge in [0.25, 0.3) is 0 Å². The number of benzene rings is 2. The van der Waals surface area contributed by atoms with Gasteiger partial charge < -0.3 is 0 Å². The van der Waals surface area contributed by atoms with Crippen molar-refractivity contribution < 1.29 is 4.79 Å². The van der Waals surface area contributed by atoms with Gasteiger partial charge in [-0.25, -0.2) is 0 Å². The molecule has 2 aromatic carbocycles. The van der Waals surface area contributed by atoms with Crippen molar-refractivity contribution >= 4 is 11.9 Å². The van der Waals surface area contributed by atoms with Gasteiger partial charge in [-0.15, -0.1) is 0 Å². The summed E-state index contributed by atoms with van der Waals surface area (Å²) in [6, 6.07) is 17.0. The first-order valence-electron chi connectivity index (χ1n) is 7.14. The summed E-state index contributed by atoms with van der Waals surface area (Å²) in [5.41, 5.74) is 5.94. The molecule has 0 aromatic heterocycles. The molecule has 3 rings (SSSR count). The molecule has 0 saturated heterocycles. The summed E-state index contributed by atoms with van der Waals surface area (Å²) >= 11 is 0. The van der Waals surface area contributed by atoms with Crippen LogP contribution in [0.15, 0.2) is 54.1 Å². The van der Waals surface area contributed by atoms with Crippen molar-refractivity contribution in [3.63, 3.8) is 0 Å². The molecule has 0 bridgehead atoms. The van der Waals surface area contributed by atoms with Crippen molar-refractivity contribution in [1.82, 2.24) is 0 Å². The molecule has 1 heteroatoms. The van der Waals surface area contributed by atoms with Gasteiger partial charge in [-0.3, -0.25) is 4.79 Å². The lowest BCUT2D eigenvalue weighted by Gasteiger charge is -2.07. The molecule has 0 radical (unpaired) electrons. The fraction of sp³-hybridized carbons (Fsp3) is 0.211. The number of carbonyl (C=O) groups is 1. The van der Waals surface area contributed by atoms with Crippen LogP contribution in [-0.4, -0.2) is 5.78 Å². The second kappa shape index (κ2) is 5.46. The first kappa shape index (κ1) is 12.9. The lowest BCUT2D eigenvalue weighted by Crippen LogP contribution is -1.94. The molecule has 0 heterocycles. The van der Waals surface area contributed by atoms with Gasteiger partial charge in [0.2, 0.25) is 0 Å². The fourth-order valence-electron chi connectivity index (χ4n) is 2.77. The summed E-state index contributed by atoms with van der Waals surface area (Å²) in [6.45, 7) is 1.66. The van der Waals surface area contributed by atoms with Crippen molar-refractivity contribution in [2.24, 2.45) is 0 Å². The van der Waals surface area contributed by atoms with Gasteiger partial charge in [0, 0.05) is 0 Å². The average Bonchev–Trinajstić information content (AvgIpc) is 2.69. The molecule has 100 valence electrons. The Morgan fingerprint density at radius 2 is 1.75 bits per heavy atom. The number of ketones is 1.